The van der Waals surface area contributed by atoms with E-state index in [9.17, 15) is 9.59 Å². The van der Waals surface area contributed by atoms with Gasteiger partial charge < -0.3 is 15.4 Å². The van der Waals surface area contributed by atoms with Crippen LogP contribution in [0.2, 0.25) is 0 Å². The SMILES string of the molecule is CC(C)CNC(=O)C(C)(C)n1cc(NC(=O)COCc2ccccc2)cn1. The van der Waals surface area contributed by atoms with Crippen molar-refractivity contribution in [3.63, 3.8) is 0 Å². The standard InChI is InChI=1S/C20H28N4O3/c1-15(2)10-21-19(26)20(3,4)24-12-17(11-22-24)23-18(25)14-27-13-16-8-6-5-7-9-16/h5-9,11-12,15H,10,13-14H2,1-4H3,(H,21,26)(H,23,25). The summed E-state index contributed by atoms with van der Waals surface area (Å²) in [6, 6.07) is 9.65. The molecule has 0 saturated heterocycles. The Morgan fingerprint density at radius 1 is 1.22 bits per heavy atom. The van der Waals surface area contributed by atoms with Crippen molar-refractivity contribution in [3.05, 3.63) is 48.3 Å². The molecule has 2 rings (SSSR count). The van der Waals surface area contributed by atoms with Crippen LogP contribution in [0, 0.1) is 5.92 Å². The largest absolute Gasteiger partial charge is 0.367 e. The fraction of sp³-hybridized carbons (Fsp3) is 0.450. The minimum absolute atomic E-state index is 0.0572. The van der Waals surface area contributed by atoms with E-state index >= 15 is 0 Å². The van der Waals surface area contributed by atoms with E-state index in [2.05, 4.69) is 15.7 Å². The highest BCUT2D eigenvalue weighted by Gasteiger charge is 2.30. The molecule has 0 bridgehead atoms. The normalized spacial score (nSPS) is 11.4. The second-order valence-electron chi connectivity index (χ2n) is 7.36. The number of hydrogen-bond acceptors (Lipinski definition) is 4. The van der Waals surface area contributed by atoms with Gasteiger partial charge in [0.05, 0.1) is 18.5 Å². The van der Waals surface area contributed by atoms with Crippen LogP contribution < -0.4 is 10.6 Å². The quantitative estimate of drug-likeness (QED) is 0.708. The minimum Gasteiger partial charge on any atom is -0.367 e. The van der Waals surface area contributed by atoms with Crippen molar-refractivity contribution < 1.29 is 14.3 Å². The van der Waals surface area contributed by atoms with Crippen LogP contribution in [0.5, 0.6) is 0 Å². The van der Waals surface area contributed by atoms with Gasteiger partial charge in [0.15, 0.2) is 0 Å². The van der Waals surface area contributed by atoms with Gasteiger partial charge in [0.1, 0.15) is 12.1 Å². The van der Waals surface area contributed by atoms with E-state index in [-0.39, 0.29) is 18.4 Å². The highest BCUT2D eigenvalue weighted by molar-refractivity contribution is 5.91. The molecular formula is C20H28N4O3. The number of benzene rings is 1. The molecule has 0 aliphatic rings. The van der Waals surface area contributed by atoms with Gasteiger partial charge in [-0.3, -0.25) is 14.3 Å². The van der Waals surface area contributed by atoms with Crippen molar-refractivity contribution in [1.82, 2.24) is 15.1 Å². The number of hydrogen-bond donors (Lipinski definition) is 2. The van der Waals surface area contributed by atoms with E-state index in [4.69, 9.17) is 4.74 Å². The summed E-state index contributed by atoms with van der Waals surface area (Å²) in [7, 11) is 0. The first-order valence-corrected chi connectivity index (χ1v) is 9.04. The van der Waals surface area contributed by atoms with Crippen molar-refractivity contribution in [1.29, 1.82) is 0 Å². The summed E-state index contributed by atoms with van der Waals surface area (Å²) < 4.78 is 6.96. The third-order valence-corrected chi connectivity index (χ3v) is 4.01. The first-order valence-electron chi connectivity index (χ1n) is 9.04. The Kier molecular flexibility index (Phi) is 7.12. The van der Waals surface area contributed by atoms with Gasteiger partial charge in [0.2, 0.25) is 11.8 Å². The maximum absolute atomic E-state index is 12.4. The molecule has 0 saturated carbocycles. The molecule has 0 aliphatic carbocycles. The fourth-order valence-electron chi connectivity index (χ4n) is 2.34. The number of ether oxygens (including phenoxy) is 1. The number of rotatable bonds is 9. The van der Waals surface area contributed by atoms with Crippen molar-refractivity contribution in [2.45, 2.75) is 39.8 Å². The van der Waals surface area contributed by atoms with Gasteiger partial charge in [0.25, 0.3) is 0 Å². The zero-order valence-electron chi connectivity index (χ0n) is 16.4. The highest BCUT2D eigenvalue weighted by Crippen LogP contribution is 2.17. The van der Waals surface area contributed by atoms with Crippen molar-refractivity contribution in [2.75, 3.05) is 18.5 Å². The summed E-state index contributed by atoms with van der Waals surface area (Å²) in [6.07, 6.45) is 3.16. The molecule has 7 nitrogen and oxygen atoms in total. The Morgan fingerprint density at radius 2 is 1.93 bits per heavy atom. The van der Waals surface area contributed by atoms with E-state index in [0.717, 1.165) is 5.56 Å². The third-order valence-electron chi connectivity index (χ3n) is 4.01. The Morgan fingerprint density at radius 3 is 2.59 bits per heavy atom. The molecule has 0 aliphatic heterocycles. The van der Waals surface area contributed by atoms with Crippen LogP contribution in [-0.4, -0.2) is 34.7 Å². The molecule has 0 radical (unpaired) electrons. The van der Waals surface area contributed by atoms with Crippen LogP contribution in [0.4, 0.5) is 5.69 Å². The monoisotopic (exact) mass is 372 g/mol. The summed E-state index contributed by atoms with van der Waals surface area (Å²) in [5, 5.41) is 9.86. The minimum atomic E-state index is -0.859. The Bertz CT molecular complexity index is 754. The van der Waals surface area contributed by atoms with Crippen molar-refractivity contribution in [3.8, 4) is 0 Å². The average molecular weight is 372 g/mol. The smallest absolute Gasteiger partial charge is 0.250 e. The number of aromatic nitrogens is 2. The first kappa shape index (κ1) is 20.6. The number of nitrogens with zero attached hydrogens (tertiary/aromatic N) is 2. The van der Waals surface area contributed by atoms with Crippen LogP contribution in [0.3, 0.4) is 0 Å². The Hall–Kier alpha value is -2.67. The molecule has 1 heterocycles. The molecule has 7 heteroatoms. The average Bonchev–Trinajstić information content (AvgIpc) is 3.09. The van der Waals surface area contributed by atoms with Gasteiger partial charge in [-0.15, -0.1) is 0 Å². The van der Waals surface area contributed by atoms with Crippen LogP contribution in [-0.2, 0) is 26.5 Å². The van der Waals surface area contributed by atoms with Gasteiger partial charge in [-0.2, -0.15) is 5.10 Å². The van der Waals surface area contributed by atoms with Crippen LogP contribution in [0.15, 0.2) is 42.7 Å². The molecule has 0 atom stereocenters. The molecule has 2 amide bonds. The van der Waals surface area contributed by atoms with Crippen molar-refractivity contribution >= 4 is 17.5 Å². The molecule has 0 unspecified atom stereocenters. The van der Waals surface area contributed by atoms with E-state index in [0.29, 0.717) is 24.8 Å². The second-order valence-corrected chi connectivity index (χ2v) is 7.36. The van der Waals surface area contributed by atoms with Gasteiger partial charge in [-0.1, -0.05) is 44.2 Å². The number of nitrogens with one attached hydrogen (secondary N) is 2. The first-order chi connectivity index (χ1) is 12.8. The van der Waals surface area contributed by atoms with E-state index in [1.807, 2.05) is 44.2 Å². The van der Waals surface area contributed by atoms with Crippen LogP contribution in [0.25, 0.3) is 0 Å². The summed E-state index contributed by atoms with van der Waals surface area (Å²) in [4.78, 5) is 24.4. The van der Waals surface area contributed by atoms with Crippen LogP contribution in [0.1, 0.15) is 33.3 Å². The molecule has 0 spiro atoms. The predicted molar refractivity (Wildman–Crippen MR) is 104 cm³/mol. The summed E-state index contributed by atoms with van der Waals surface area (Å²) in [6.45, 7) is 8.55. The lowest BCUT2D eigenvalue weighted by Gasteiger charge is -2.24. The number of anilines is 1. The Balaban J connectivity index is 1.85. The maximum Gasteiger partial charge on any atom is 0.250 e. The summed E-state index contributed by atoms with van der Waals surface area (Å²) in [5.41, 5.74) is 0.669. The predicted octanol–water partition coefficient (Wildman–Crippen LogP) is 2.55. The third kappa shape index (κ3) is 6.21. The molecule has 1 aromatic carbocycles. The number of carbonyl (C=O) groups is 2. The van der Waals surface area contributed by atoms with Gasteiger partial charge >= 0.3 is 0 Å². The molecule has 1 aromatic heterocycles. The zero-order valence-corrected chi connectivity index (χ0v) is 16.4. The molecule has 27 heavy (non-hydrogen) atoms. The van der Waals surface area contributed by atoms with Crippen molar-refractivity contribution in [2.24, 2.45) is 5.92 Å². The second kappa shape index (κ2) is 9.32. The summed E-state index contributed by atoms with van der Waals surface area (Å²) >= 11 is 0. The van der Waals surface area contributed by atoms with Crippen LogP contribution >= 0.6 is 0 Å². The van der Waals surface area contributed by atoms with Gasteiger partial charge in [0, 0.05) is 12.7 Å². The number of carbonyl (C=O) groups excluding carboxylic acids is 2. The lowest BCUT2D eigenvalue weighted by atomic mass is 10.0. The molecule has 2 aromatic rings. The number of amides is 2. The molecule has 0 fully saturated rings. The maximum atomic E-state index is 12.4. The lowest BCUT2D eigenvalue weighted by molar-refractivity contribution is -0.129. The Labute approximate surface area is 160 Å². The molecular weight excluding hydrogens is 344 g/mol. The highest BCUT2D eigenvalue weighted by atomic mass is 16.5. The lowest BCUT2D eigenvalue weighted by Crippen LogP contribution is -2.45. The van der Waals surface area contributed by atoms with E-state index in [1.54, 1.807) is 24.7 Å². The molecule has 2 N–H and O–H groups in total. The van der Waals surface area contributed by atoms with E-state index < -0.39 is 5.54 Å². The molecule has 146 valence electrons. The fourth-order valence-corrected chi connectivity index (χ4v) is 2.34. The summed E-state index contributed by atoms with van der Waals surface area (Å²) in [5.74, 6) is -0.0241. The van der Waals surface area contributed by atoms with Gasteiger partial charge in [-0.25, -0.2) is 0 Å². The van der Waals surface area contributed by atoms with Gasteiger partial charge in [-0.05, 0) is 25.3 Å². The topological polar surface area (TPSA) is 85.2 Å². The zero-order chi connectivity index (χ0) is 19.9. The van der Waals surface area contributed by atoms with E-state index in [1.165, 1.54) is 6.20 Å².